The summed E-state index contributed by atoms with van der Waals surface area (Å²) in [6.07, 6.45) is 0. The third-order valence-corrected chi connectivity index (χ3v) is 5.38. The molecule has 7 nitrogen and oxygen atoms in total. The van der Waals surface area contributed by atoms with Crippen LogP contribution in [0.3, 0.4) is 0 Å². The number of nitrogens with zero attached hydrogens (tertiary/aromatic N) is 2. The van der Waals surface area contributed by atoms with Gasteiger partial charge in [-0.3, -0.25) is 14.5 Å². The zero-order valence-corrected chi connectivity index (χ0v) is 16.9. The molecule has 1 aliphatic rings. The first-order valence-electron chi connectivity index (χ1n) is 9.83. The normalized spacial score (nSPS) is 18.3. The summed E-state index contributed by atoms with van der Waals surface area (Å²) in [6, 6.07) is 16.8. The molecule has 1 unspecified atom stereocenters. The van der Waals surface area contributed by atoms with Gasteiger partial charge in [0.2, 0.25) is 5.95 Å². The number of ketones is 1. The summed E-state index contributed by atoms with van der Waals surface area (Å²) in [7, 11) is 0. The highest BCUT2D eigenvalue weighted by Gasteiger charge is 2.49. The third kappa shape index (κ3) is 3.02. The van der Waals surface area contributed by atoms with E-state index >= 15 is 0 Å². The number of benzene rings is 2. The first kappa shape index (κ1) is 18.9. The Morgan fingerprint density at radius 1 is 1.06 bits per heavy atom. The molecular weight excluding hydrogens is 394 g/mol. The minimum absolute atomic E-state index is 0.0396. The van der Waals surface area contributed by atoms with Crippen molar-refractivity contribution in [2.24, 2.45) is 0 Å². The summed E-state index contributed by atoms with van der Waals surface area (Å²) in [6.45, 7) is 3.73. The van der Waals surface area contributed by atoms with E-state index in [9.17, 15) is 14.7 Å². The fourth-order valence-corrected chi connectivity index (χ4v) is 3.90. The van der Waals surface area contributed by atoms with Crippen molar-refractivity contribution in [3.8, 4) is 0 Å². The average Bonchev–Trinajstić information content (AvgIpc) is 3.44. The molecule has 1 fully saturated rings. The van der Waals surface area contributed by atoms with E-state index in [1.807, 2.05) is 25.1 Å². The zero-order valence-electron chi connectivity index (χ0n) is 16.9. The van der Waals surface area contributed by atoms with Crippen LogP contribution in [0.2, 0.25) is 0 Å². The molecule has 0 radical (unpaired) electrons. The van der Waals surface area contributed by atoms with Gasteiger partial charge in [-0.05, 0) is 43.7 Å². The van der Waals surface area contributed by atoms with Crippen LogP contribution in [0.1, 0.15) is 28.7 Å². The Labute approximate surface area is 177 Å². The van der Waals surface area contributed by atoms with Crippen LogP contribution in [0, 0.1) is 13.8 Å². The van der Waals surface area contributed by atoms with Crippen LogP contribution < -0.4 is 4.90 Å². The van der Waals surface area contributed by atoms with Crippen molar-refractivity contribution in [3.63, 3.8) is 0 Å². The highest BCUT2D eigenvalue weighted by atomic mass is 16.3. The van der Waals surface area contributed by atoms with Crippen LogP contribution >= 0.6 is 0 Å². The van der Waals surface area contributed by atoms with E-state index in [-0.39, 0.29) is 17.3 Å². The van der Waals surface area contributed by atoms with Crippen molar-refractivity contribution in [1.82, 2.24) is 9.97 Å². The number of hydrogen-bond donors (Lipinski definition) is 2. The van der Waals surface area contributed by atoms with Crippen molar-refractivity contribution in [3.05, 3.63) is 88.9 Å². The number of anilines is 1. The number of H-pyrrole nitrogens is 1. The fraction of sp³-hybridized carbons (Fsp3) is 0.125. The maximum absolute atomic E-state index is 13.1. The smallest absolute Gasteiger partial charge is 0.302 e. The molecule has 2 aromatic heterocycles. The number of aliphatic hydroxyl groups is 1. The quantitative estimate of drug-likeness (QED) is 0.295. The second kappa shape index (κ2) is 6.98. The number of aromatic nitrogens is 2. The molecular formula is C24H19N3O4. The summed E-state index contributed by atoms with van der Waals surface area (Å²) >= 11 is 0. The first-order chi connectivity index (χ1) is 14.9. The summed E-state index contributed by atoms with van der Waals surface area (Å²) in [5.74, 6) is -0.628. The molecule has 5 rings (SSSR count). The molecule has 2 N–H and O–H groups in total. The predicted molar refractivity (Wildman–Crippen MR) is 116 cm³/mol. The zero-order chi connectivity index (χ0) is 21.7. The van der Waals surface area contributed by atoms with E-state index in [0.717, 1.165) is 11.1 Å². The van der Waals surface area contributed by atoms with Crippen molar-refractivity contribution in [1.29, 1.82) is 0 Å². The Hall–Kier alpha value is -4.13. The second-order valence-corrected chi connectivity index (χ2v) is 7.56. The Morgan fingerprint density at radius 2 is 1.84 bits per heavy atom. The van der Waals surface area contributed by atoms with Gasteiger partial charge in [0, 0.05) is 5.56 Å². The fourth-order valence-electron chi connectivity index (χ4n) is 3.90. The largest absolute Gasteiger partial charge is 0.507 e. The molecule has 0 saturated carbocycles. The van der Waals surface area contributed by atoms with Gasteiger partial charge < -0.3 is 14.5 Å². The lowest BCUT2D eigenvalue weighted by Gasteiger charge is -2.20. The van der Waals surface area contributed by atoms with Crippen molar-refractivity contribution >= 4 is 34.4 Å². The van der Waals surface area contributed by atoms with Crippen molar-refractivity contribution in [2.75, 3.05) is 4.90 Å². The van der Waals surface area contributed by atoms with E-state index in [4.69, 9.17) is 4.42 Å². The number of aliphatic hydroxyl groups excluding tert-OH is 1. The van der Waals surface area contributed by atoms with E-state index in [2.05, 4.69) is 9.97 Å². The van der Waals surface area contributed by atoms with E-state index in [1.165, 1.54) is 4.90 Å². The molecule has 1 amide bonds. The maximum atomic E-state index is 13.1. The van der Waals surface area contributed by atoms with Crippen LogP contribution in [0.4, 0.5) is 5.95 Å². The van der Waals surface area contributed by atoms with Crippen LogP contribution in [0.15, 0.2) is 70.7 Å². The second-order valence-electron chi connectivity index (χ2n) is 7.56. The predicted octanol–water partition coefficient (Wildman–Crippen LogP) is 4.40. The average molecular weight is 413 g/mol. The summed E-state index contributed by atoms with van der Waals surface area (Å²) in [4.78, 5) is 35.1. The summed E-state index contributed by atoms with van der Waals surface area (Å²) < 4.78 is 5.79. The van der Waals surface area contributed by atoms with Gasteiger partial charge in [-0.25, -0.2) is 4.98 Å². The number of carbonyl (C=O) groups is 2. The Balaban J connectivity index is 1.73. The number of nitrogens with one attached hydrogen (secondary N) is 1. The molecule has 31 heavy (non-hydrogen) atoms. The van der Waals surface area contributed by atoms with Crippen molar-refractivity contribution < 1.29 is 19.1 Å². The number of rotatable bonds is 3. The number of hydrogen-bond acceptors (Lipinski definition) is 5. The lowest BCUT2D eigenvalue weighted by atomic mass is 9.99. The number of amides is 1. The molecule has 0 spiro atoms. The third-order valence-electron chi connectivity index (χ3n) is 5.38. The number of aromatic amines is 1. The highest BCUT2D eigenvalue weighted by molar-refractivity contribution is 6.51. The van der Waals surface area contributed by atoms with Crippen LogP contribution in [-0.2, 0) is 9.59 Å². The number of Topliss-reactive ketones (excluding diaryl/α,β-unsaturated/α-hetero) is 1. The van der Waals surface area contributed by atoms with E-state index in [1.54, 1.807) is 49.4 Å². The number of fused-ring (bicyclic) bond motifs is 1. The van der Waals surface area contributed by atoms with Gasteiger partial charge in [0.25, 0.3) is 5.78 Å². The number of aryl methyl sites for hydroxylation is 2. The first-order valence-corrected chi connectivity index (χ1v) is 9.83. The molecule has 1 atom stereocenters. The molecule has 1 saturated heterocycles. The minimum atomic E-state index is -0.949. The SMILES string of the molecule is Cc1ccc2nc(N3C(=O)C(=O)/C(=C(/O)c4ccccc4)C3c3ccc(C)o3)[nH]c2c1. The minimum Gasteiger partial charge on any atom is -0.507 e. The van der Waals surface area contributed by atoms with Gasteiger partial charge in [0.05, 0.1) is 16.6 Å². The van der Waals surface area contributed by atoms with E-state index < -0.39 is 17.7 Å². The molecule has 0 aliphatic carbocycles. The Bertz CT molecular complexity index is 1360. The number of carbonyl (C=O) groups excluding carboxylic acids is 2. The van der Waals surface area contributed by atoms with Gasteiger partial charge in [-0.15, -0.1) is 0 Å². The van der Waals surface area contributed by atoms with Crippen LogP contribution in [0.25, 0.3) is 16.8 Å². The highest BCUT2D eigenvalue weighted by Crippen LogP contribution is 2.42. The maximum Gasteiger partial charge on any atom is 0.302 e. The van der Waals surface area contributed by atoms with Gasteiger partial charge in [0.1, 0.15) is 23.3 Å². The molecule has 3 heterocycles. The van der Waals surface area contributed by atoms with Gasteiger partial charge >= 0.3 is 5.91 Å². The molecule has 2 aromatic carbocycles. The standard InChI is InChI=1S/C24H19N3O4/c1-13-8-10-16-17(12-13)26-24(25-16)27-20(18-11-9-14(2)31-18)19(22(29)23(27)30)21(28)15-6-4-3-5-7-15/h3-12,20,28H,1-2H3,(H,25,26)/b21-19+. The topological polar surface area (TPSA) is 99.4 Å². The summed E-state index contributed by atoms with van der Waals surface area (Å²) in [5, 5.41) is 11.0. The summed E-state index contributed by atoms with van der Waals surface area (Å²) in [5.41, 5.74) is 2.84. The van der Waals surface area contributed by atoms with Crippen molar-refractivity contribution in [2.45, 2.75) is 19.9 Å². The lowest BCUT2D eigenvalue weighted by Crippen LogP contribution is -2.30. The van der Waals surface area contributed by atoms with Gasteiger partial charge in [0.15, 0.2) is 0 Å². The Kier molecular flexibility index (Phi) is 4.25. The van der Waals surface area contributed by atoms with Crippen LogP contribution in [0.5, 0.6) is 0 Å². The van der Waals surface area contributed by atoms with Gasteiger partial charge in [-0.2, -0.15) is 0 Å². The molecule has 7 heteroatoms. The molecule has 154 valence electrons. The van der Waals surface area contributed by atoms with Crippen LogP contribution in [-0.4, -0.2) is 26.8 Å². The molecule has 1 aliphatic heterocycles. The monoisotopic (exact) mass is 413 g/mol. The Morgan fingerprint density at radius 3 is 2.55 bits per heavy atom. The number of imidazole rings is 1. The van der Waals surface area contributed by atoms with Gasteiger partial charge in [-0.1, -0.05) is 36.4 Å². The molecule has 0 bridgehead atoms. The lowest BCUT2D eigenvalue weighted by molar-refractivity contribution is -0.132. The molecule has 4 aromatic rings. The number of furan rings is 1. The van der Waals surface area contributed by atoms with E-state index in [0.29, 0.717) is 22.6 Å².